The molecule has 88 valence electrons. The summed E-state index contributed by atoms with van der Waals surface area (Å²) >= 11 is 0. The first-order valence-electron chi connectivity index (χ1n) is 5.07. The number of ether oxygens (including phenoxy) is 1. The normalized spacial score (nSPS) is 16.0. The van der Waals surface area contributed by atoms with Crippen LogP contribution in [-0.4, -0.2) is 13.2 Å². The highest BCUT2D eigenvalue weighted by Crippen LogP contribution is 2.42. The Kier molecular flexibility index (Phi) is 2.69. The molecule has 1 N–H and O–H groups in total. The van der Waals surface area contributed by atoms with Gasteiger partial charge in [-0.1, -0.05) is 6.07 Å². The quantitative estimate of drug-likeness (QED) is 0.861. The fourth-order valence-electron chi connectivity index (χ4n) is 1.44. The largest absolute Gasteiger partial charge is 0.488 e. The number of nitrogens with one attached hydrogen (secondary N) is 1. The summed E-state index contributed by atoms with van der Waals surface area (Å²) in [4.78, 5) is 0. The van der Waals surface area contributed by atoms with Crippen LogP contribution in [-0.2, 0) is 6.18 Å². The molecule has 2 rings (SSSR count). The molecule has 0 aromatic heterocycles. The summed E-state index contributed by atoms with van der Waals surface area (Å²) in [5.74, 6) is -0.0833. The van der Waals surface area contributed by atoms with E-state index in [0.29, 0.717) is 5.69 Å². The average Bonchev–Trinajstić information content (AvgIpc) is 3.00. The third-order valence-corrected chi connectivity index (χ3v) is 2.40. The zero-order valence-electron chi connectivity index (χ0n) is 8.77. The molecule has 0 aliphatic heterocycles. The van der Waals surface area contributed by atoms with Gasteiger partial charge in [-0.25, -0.2) is 0 Å². The Morgan fingerprint density at radius 2 is 2.00 bits per heavy atom. The van der Waals surface area contributed by atoms with Crippen molar-refractivity contribution in [3.8, 4) is 5.75 Å². The topological polar surface area (TPSA) is 21.3 Å². The van der Waals surface area contributed by atoms with Crippen molar-refractivity contribution < 1.29 is 17.9 Å². The maximum absolute atomic E-state index is 12.7. The number of rotatable bonds is 3. The number of hydrogen-bond acceptors (Lipinski definition) is 2. The highest BCUT2D eigenvalue weighted by atomic mass is 19.4. The van der Waals surface area contributed by atoms with Crippen molar-refractivity contribution in [3.05, 3.63) is 23.8 Å². The Morgan fingerprint density at radius 1 is 1.31 bits per heavy atom. The Bertz CT molecular complexity index is 385. The summed E-state index contributed by atoms with van der Waals surface area (Å²) in [6.45, 7) is 0. The van der Waals surface area contributed by atoms with Crippen molar-refractivity contribution in [3.63, 3.8) is 0 Å². The summed E-state index contributed by atoms with van der Waals surface area (Å²) < 4.78 is 43.5. The predicted molar refractivity (Wildman–Crippen MR) is 54.6 cm³/mol. The maximum Gasteiger partial charge on any atom is 0.420 e. The molecule has 5 heteroatoms. The van der Waals surface area contributed by atoms with Gasteiger partial charge in [0.2, 0.25) is 0 Å². The molecule has 0 amide bonds. The molecular formula is C11H12F3NO. The van der Waals surface area contributed by atoms with Gasteiger partial charge >= 0.3 is 6.18 Å². The van der Waals surface area contributed by atoms with E-state index in [1.165, 1.54) is 6.07 Å². The molecule has 1 aromatic rings. The molecule has 1 saturated carbocycles. The van der Waals surface area contributed by atoms with E-state index in [9.17, 15) is 13.2 Å². The number of para-hydroxylation sites is 1. The van der Waals surface area contributed by atoms with Crippen molar-refractivity contribution in [2.45, 2.75) is 25.1 Å². The Hall–Kier alpha value is -1.39. The Morgan fingerprint density at radius 3 is 2.50 bits per heavy atom. The average molecular weight is 231 g/mol. The maximum atomic E-state index is 12.7. The summed E-state index contributed by atoms with van der Waals surface area (Å²) in [6.07, 6.45) is -2.78. The van der Waals surface area contributed by atoms with Gasteiger partial charge in [-0.2, -0.15) is 13.2 Å². The summed E-state index contributed by atoms with van der Waals surface area (Å²) in [7, 11) is 1.58. The van der Waals surface area contributed by atoms with Crippen LogP contribution in [0, 0.1) is 0 Å². The van der Waals surface area contributed by atoms with Gasteiger partial charge in [0.05, 0.1) is 17.4 Å². The van der Waals surface area contributed by atoms with E-state index in [1.807, 2.05) is 0 Å². The van der Waals surface area contributed by atoms with Crippen LogP contribution in [0.25, 0.3) is 0 Å². The first-order valence-corrected chi connectivity index (χ1v) is 5.07. The number of halogens is 3. The van der Waals surface area contributed by atoms with Crippen LogP contribution >= 0.6 is 0 Å². The first kappa shape index (κ1) is 11.1. The number of benzene rings is 1. The van der Waals surface area contributed by atoms with Crippen LogP contribution < -0.4 is 10.1 Å². The van der Waals surface area contributed by atoms with Crippen molar-refractivity contribution in [2.75, 3.05) is 12.4 Å². The zero-order valence-corrected chi connectivity index (χ0v) is 8.77. The van der Waals surface area contributed by atoms with Gasteiger partial charge in [0.1, 0.15) is 0 Å². The number of hydrogen-bond donors (Lipinski definition) is 1. The fourth-order valence-corrected chi connectivity index (χ4v) is 1.44. The fraction of sp³-hybridized carbons (Fsp3) is 0.455. The molecule has 0 spiro atoms. The van der Waals surface area contributed by atoms with Crippen LogP contribution in [0.5, 0.6) is 5.75 Å². The lowest BCUT2D eigenvalue weighted by Gasteiger charge is -2.16. The van der Waals surface area contributed by atoms with Crippen LogP contribution in [0.2, 0.25) is 0 Å². The molecule has 0 radical (unpaired) electrons. The van der Waals surface area contributed by atoms with E-state index in [4.69, 9.17) is 4.74 Å². The third-order valence-electron chi connectivity index (χ3n) is 2.40. The SMILES string of the molecule is CNc1cccc(C(F)(F)F)c1OC1CC1. The van der Waals surface area contributed by atoms with E-state index in [2.05, 4.69) is 5.32 Å². The molecule has 0 bridgehead atoms. The van der Waals surface area contributed by atoms with Gasteiger partial charge in [-0.3, -0.25) is 0 Å². The number of anilines is 1. The molecule has 1 aromatic carbocycles. The third kappa shape index (κ3) is 2.23. The van der Waals surface area contributed by atoms with Gasteiger partial charge < -0.3 is 10.1 Å². The van der Waals surface area contributed by atoms with E-state index < -0.39 is 11.7 Å². The molecule has 1 aliphatic rings. The van der Waals surface area contributed by atoms with E-state index in [-0.39, 0.29) is 11.9 Å². The highest BCUT2D eigenvalue weighted by molar-refractivity contribution is 5.60. The van der Waals surface area contributed by atoms with Crippen molar-refractivity contribution in [1.29, 1.82) is 0 Å². The molecule has 0 saturated heterocycles. The Balaban J connectivity index is 2.41. The lowest BCUT2D eigenvalue weighted by Crippen LogP contribution is -2.11. The summed E-state index contributed by atoms with van der Waals surface area (Å²) in [5.41, 5.74) is -0.340. The van der Waals surface area contributed by atoms with Gasteiger partial charge in [0.25, 0.3) is 0 Å². The zero-order chi connectivity index (χ0) is 11.8. The molecule has 0 heterocycles. The van der Waals surface area contributed by atoms with Crippen molar-refractivity contribution in [1.82, 2.24) is 0 Å². The van der Waals surface area contributed by atoms with Crippen LogP contribution in [0.15, 0.2) is 18.2 Å². The summed E-state index contributed by atoms with van der Waals surface area (Å²) in [5, 5.41) is 2.72. The van der Waals surface area contributed by atoms with Crippen molar-refractivity contribution in [2.24, 2.45) is 0 Å². The Labute approximate surface area is 91.4 Å². The number of alkyl halides is 3. The lowest BCUT2D eigenvalue weighted by molar-refractivity contribution is -0.138. The lowest BCUT2D eigenvalue weighted by atomic mass is 10.1. The van der Waals surface area contributed by atoms with Gasteiger partial charge in [0.15, 0.2) is 5.75 Å². The van der Waals surface area contributed by atoms with Gasteiger partial charge in [-0.05, 0) is 25.0 Å². The molecule has 2 nitrogen and oxygen atoms in total. The summed E-state index contributed by atoms with van der Waals surface area (Å²) in [6, 6.07) is 3.99. The van der Waals surface area contributed by atoms with Crippen LogP contribution in [0.4, 0.5) is 18.9 Å². The monoisotopic (exact) mass is 231 g/mol. The molecule has 0 atom stereocenters. The standard InChI is InChI=1S/C11H12F3NO/c1-15-9-4-2-3-8(11(12,13)14)10(9)16-7-5-6-7/h2-4,7,15H,5-6H2,1H3. The van der Waals surface area contributed by atoms with Crippen LogP contribution in [0.3, 0.4) is 0 Å². The minimum Gasteiger partial charge on any atom is -0.488 e. The second-order valence-electron chi connectivity index (χ2n) is 3.75. The van der Waals surface area contributed by atoms with Gasteiger partial charge in [-0.15, -0.1) is 0 Å². The molecule has 16 heavy (non-hydrogen) atoms. The minimum atomic E-state index is -4.38. The van der Waals surface area contributed by atoms with E-state index >= 15 is 0 Å². The molecule has 0 unspecified atom stereocenters. The highest BCUT2D eigenvalue weighted by Gasteiger charge is 2.37. The molecule has 1 aliphatic carbocycles. The predicted octanol–water partition coefficient (Wildman–Crippen LogP) is 3.29. The second-order valence-corrected chi connectivity index (χ2v) is 3.75. The van der Waals surface area contributed by atoms with E-state index in [1.54, 1.807) is 13.1 Å². The van der Waals surface area contributed by atoms with Crippen molar-refractivity contribution >= 4 is 5.69 Å². The van der Waals surface area contributed by atoms with Gasteiger partial charge in [0, 0.05) is 7.05 Å². The first-order chi connectivity index (χ1) is 7.52. The smallest absolute Gasteiger partial charge is 0.420 e. The minimum absolute atomic E-state index is 0.0596. The van der Waals surface area contributed by atoms with Crippen LogP contribution in [0.1, 0.15) is 18.4 Å². The second kappa shape index (κ2) is 3.88. The van der Waals surface area contributed by atoms with E-state index in [0.717, 1.165) is 18.9 Å². The molecular weight excluding hydrogens is 219 g/mol. The molecule has 1 fully saturated rings.